The summed E-state index contributed by atoms with van der Waals surface area (Å²) >= 11 is 0. The van der Waals surface area contributed by atoms with Crippen LogP contribution in [0.4, 0.5) is 0 Å². The molecule has 134 valence electrons. The maximum atomic E-state index is 4.80. The van der Waals surface area contributed by atoms with Crippen molar-refractivity contribution >= 4 is 5.96 Å². The quantitative estimate of drug-likeness (QED) is 0.451. The average molecular weight is 331 g/mol. The first-order valence-electron chi connectivity index (χ1n) is 9.46. The minimum absolute atomic E-state index is 0.889. The number of nitrogens with zero attached hydrogens (tertiary/aromatic N) is 3. The zero-order chi connectivity index (χ0) is 17.2. The summed E-state index contributed by atoms with van der Waals surface area (Å²) in [6.45, 7) is 10.8. The first kappa shape index (κ1) is 18.8. The van der Waals surface area contributed by atoms with Gasteiger partial charge in [0, 0.05) is 26.7 Å². The van der Waals surface area contributed by atoms with Gasteiger partial charge in [-0.3, -0.25) is 4.99 Å². The van der Waals surface area contributed by atoms with Crippen LogP contribution < -0.4 is 5.32 Å². The molecule has 0 amide bonds. The van der Waals surface area contributed by atoms with E-state index in [1.807, 2.05) is 0 Å². The largest absolute Gasteiger partial charge is 0.357 e. The summed E-state index contributed by atoms with van der Waals surface area (Å²) in [7, 11) is 2.12. The minimum atomic E-state index is 0.889. The molecule has 0 aromatic heterocycles. The molecule has 1 aromatic rings. The van der Waals surface area contributed by atoms with Crippen molar-refractivity contribution in [1.82, 2.24) is 15.1 Å². The molecule has 4 nitrogen and oxygen atoms in total. The lowest BCUT2D eigenvalue weighted by atomic mass is 10.1. The lowest BCUT2D eigenvalue weighted by Crippen LogP contribution is -2.38. The summed E-state index contributed by atoms with van der Waals surface area (Å²) in [5.41, 5.74) is 2.63. The van der Waals surface area contributed by atoms with E-state index in [-0.39, 0.29) is 0 Å². The van der Waals surface area contributed by atoms with Gasteiger partial charge in [-0.2, -0.15) is 0 Å². The highest BCUT2D eigenvalue weighted by molar-refractivity contribution is 5.79. The number of guanidine groups is 1. The van der Waals surface area contributed by atoms with Crippen molar-refractivity contribution in [3.8, 4) is 0 Å². The predicted octanol–water partition coefficient (Wildman–Crippen LogP) is 3.27. The van der Waals surface area contributed by atoms with Crippen molar-refractivity contribution in [2.75, 3.05) is 39.8 Å². The Bertz CT molecular complexity index is 489. The maximum Gasteiger partial charge on any atom is 0.193 e. The molecule has 1 aliphatic rings. The molecule has 0 spiro atoms. The Morgan fingerprint density at radius 1 is 1.17 bits per heavy atom. The van der Waals surface area contributed by atoms with Crippen LogP contribution >= 0.6 is 0 Å². The normalized spacial score (nSPS) is 15.7. The zero-order valence-electron chi connectivity index (χ0n) is 15.7. The summed E-state index contributed by atoms with van der Waals surface area (Å²) in [6.07, 6.45) is 5.19. The molecular weight excluding hydrogens is 296 g/mol. The second-order valence-electron chi connectivity index (χ2n) is 6.83. The fourth-order valence-corrected chi connectivity index (χ4v) is 3.15. The standard InChI is InChI=1S/C20H34N4/c1-4-21-20(22-13-5-6-14-24-15-7-8-16-24)23(3)17-19-11-9-18(2)10-12-19/h9-12H,4-8,13-17H2,1-3H3,(H,21,22). The third-order valence-corrected chi connectivity index (χ3v) is 4.58. The van der Waals surface area contributed by atoms with Gasteiger partial charge in [0.15, 0.2) is 5.96 Å². The lowest BCUT2D eigenvalue weighted by Gasteiger charge is -2.22. The molecule has 0 radical (unpaired) electrons. The number of nitrogens with one attached hydrogen (secondary N) is 1. The highest BCUT2D eigenvalue weighted by Gasteiger charge is 2.10. The van der Waals surface area contributed by atoms with E-state index >= 15 is 0 Å². The third-order valence-electron chi connectivity index (χ3n) is 4.58. The Morgan fingerprint density at radius 2 is 1.88 bits per heavy atom. The third kappa shape index (κ3) is 6.52. The van der Waals surface area contributed by atoms with E-state index in [0.717, 1.165) is 25.6 Å². The van der Waals surface area contributed by atoms with Crippen LogP contribution in [0.25, 0.3) is 0 Å². The van der Waals surface area contributed by atoms with Crippen molar-refractivity contribution < 1.29 is 0 Å². The summed E-state index contributed by atoms with van der Waals surface area (Å²) in [6, 6.07) is 8.74. The van der Waals surface area contributed by atoms with Crippen LogP contribution in [0, 0.1) is 6.92 Å². The van der Waals surface area contributed by atoms with Gasteiger partial charge >= 0.3 is 0 Å². The maximum absolute atomic E-state index is 4.80. The molecule has 0 atom stereocenters. The molecular formula is C20H34N4. The summed E-state index contributed by atoms with van der Waals surface area (Å²) < 4.78 is 0. The smallest absolute Gasteiger partial charge is 0.193 e. The number of aliphatic imine (C=N–C) groups is 1. The van der Waals surface area contributed by atoms with Gasteiger partial charge in [-0.15, -0.1) is 0 Å². The van der Waals surface area contributed by atoms with E-state index in [1.54, 1.807) is 0 Å². The Labute approximate surface area is 147 Å². The molecule has 0 unspecified atom stereocenters. The van der Waals surface area contributed by atoms with E-state index in [1.165, 1.54) is 56.4 Å². The highest BCUT2D eigenvalue weighted by Crippen LogP contribution is 2.09. The molecule has 1 fully saturated rings. The molecule has 1 aromatic carbocycles. The Kier molecular flexibility index (Phi) is 8.10. The Morgan fingerprint density at radius 3 is 2.54 bits per heavy atom. The highest BCUT2D eigenvalue weighted by atomic mass is 15.3. The van der Waals surface area contributed by atoms with Gasteiger partial charge in [-0.05, 0) is 64.7 Å². The molecule has 1 heterocycles. The van der Waals surface area contributed by atoms with E-state index < -0.39 is 0 Å². The lowest BCUT2D eigenvalue weighted by molar-refractivity contribution is 0.331. The van der Waals surface area contributed by atoms with Gasteiger partial charge in [0.05, 0.1) is 0 Å². The van der Waals surface area contributed by atoms with Crippen LogP contribution in [-0.4, -0.2) is 55.5 Å². The van der Waals surface area contributed by atoms with E-state index in [9.17, 15) is 0 Å². The van der Waals surface area contributed by atoms with Gasteiger partial charge < -0.3 is 15.1 Å². The SMILES string of the molecule is CCNC(=NCCCCN1CCCC1)N(C)Cc1ccc(C)cc1. The van der Waals surface area contributed by atoms with Gasteiger partial charge in [-0.1, -0.05) is 29.8 Å². The molecule has 2 rings (SSSR count). The molecule has 24 heavy (non-hydrogen) atoms. The number of hydrogen-bond donors (Lipinski definition) is 1. The minimum Gasteiger partial charge on any atom is -0.357 e. The summed E-state index contributed by atoms with van der Waals surface area (Å²) in [4.78, 5) is 9.60. The van der Waals surface area contributed by atoms with Gasteiger partial charge in [0.2, 0.25) is 0 Å². The second kappa shape index (κ2) is 10.3. The average Bonchev–Trinajstić information content (AvgIpc) is 3.09. The van der Waals surface area contributed by atoms with Crippen LogP contribution in [0.2, 0.25) is 0 Å². The molecule has 1 aliphatic heterocycles. The molecule has 0 aliphatic carbocycles. The molecule has 0 saturated carbocycles. The fraction of sp³-hybridized carbons (Fsp3) is 0.650. The molecule has 1 N–H and O–H groups in total. The number of likely N-dealkylation sites (tertiary alicyclic amines) is 1. The first-order chi connectivity index (χ1) is 11.7. The van der Waals surface area contributed by atoms with Gasteiger partial charge in [0.1, 0.15) is 0 Å². The Balaban J connectivity index is 1.76. The van der Waals surface area contributed by atoms with Crippen molar-refractivity contribution in [2.45, 2.75) is 46.1 Å². The van der Waals surface area contributed by atoms with Crippen LogP contribution in [-0.2, 0) is 6.54 Å². The molecule has 0 bridgehead atoms. The van der Waals surface area contributed by atoms with Crippen molar-refractivity contribution in [3.63, 3.8) is 0 Å². The second-order valence-corrected chi connectivity index (χ2v) is 6.83. The predicted molar refractivity (Wildman–Crippen MR) is 104 cm³/mol. The molecule has 1 saturated heterocycles. The van der Waals surface area contributed by atoms with Gasteiger partial charge in [-0.25, -0.2) is 0 Å². The van der Waals surface area contributed by atoms with E-state index in [2.05, 4.69) is 60.3 Å². The van der Waals surface area contributed by atoms with Crippen LogP contribution in [0.15, 0.2) is 29.3 Å². The number of rotatable bonds is 8. The first-order valence-corrected chi connectivity index (χ1v) is 9.46. The van der Waals surface area contributed by atoms with Crippen LogP contribution in [0.5, 0.6) is 0 Å². The van der Waals surface area contributed by atoms with Crippen molar-refractivity contribution in [3.05, 3.63) is 35.4 Å². The van der Waals surface area contributed by atoms with Gasteiger partial charge in [0.25, 0.3) is 0 Å². The Hall–Kier alpha value is -1.55. The van der Waals surface area contributed by atoms with E-state index in [4.69, 9.17) is 4.99 Å². The van der Waals surface area contributed by atoms with Crippen LogP contribution in [0.3, 0.4) is 0 Å². The molecule has 4 heteroatoms. The van der Waals surface area contributed by atoms with Crippen molar-refractivity contribution in [1.29, 1.82) is 0 Å². The fourth-order valence-electron chi connectivity index (χ4n) is 3.15. The number of benzene rings is 1. The topological polar surface area (TPSA) is 30.9 Å². The summed E-state index contributed by atoms with van der Waals surface area (Å²) in [5, 5.41) is 3.41. The summed E-state index contributed by atoms with van der Waals surface area (Å²) in [5.74, 6) is 1.01. The van der Waals surface area contributed by atoms with E-state index in [0.29, 0.717) is 0 Å². The zero-order valence-corrected chi connectivity index (χ0v) is 15.7. The number of hydrogen-bond acceptors (Lipinski definition) is 2. The van der Waals surface area contributed by atoms with Crippen molar-refractivity contribution in [2.24, 2.45) is 4.99 Å². The monoisotopic (exact) mass is 330 g/mol. The number of aryl methyl sites for hydroxylation is 1. The number of unbranched alkanes of at least 4 members (excludes halogenated alkanes) is 1. The van der Waals surface area contributed by atoms with Crippen LogP contribution in [0.1, 0.15) is 43.7 Å².